The molecule has 0 unspecified atom stereocenters. The van der Waals surface area contributed by atoms with E-state index in [1.807, 2.05) is 0 Å². The fourth-order valence-corrected chi connectivity index (χ4v) is 3.34. The molecule has 0 saturated heterocycles. The molecule has 0 radical (unpaired) electrons. The Morgan fingerprint density at radius 1 is 0.714 bits per heavy atom. The zero-order valence-corrected chi connectivity index (χ0v) is 14.6. The molecular formula is C18H16Cl2Pd. The minimum atomic E-state index is -0.106. The van der Waals surface area contributed by atoms with Crippen molar-refractivity contribution < 1.29 is 15.9 Å². The Balaban J connectivity index is 0.000000409. The number of halogens is 2. The summed E-state index contributed by atoms with van der Waals surface area (Å²) in [4.78, 5) is 0. The topological polar surface area (TPSA) is 0 Å². The maximum atomic E-state index is 4.81. The molecule has 3 aromatic rings. The SMILES string of the molecule is [Cl][Pd][Cl].c1ccc2c(c1)ccc1c3c(ccc12)CCCC3. The van der Waals surface area contributed by atoms with Gasteiger partial charge in [-0.25, -0.2) is 0 Å². The van der Waals surface area contributed by atoms with Crippen molar-refractivity contribution in [3.05, 3.63) is 59.7 Å². The maximum absolute atomic E-state index is 4.81. The van der Waals surface area contributed by atoms with Gasteiger partial charge in [0.25, 0.3) is 0 Å². The minimum absolute atomic E-state index is 0.106. The third-order valence-corrected chi connectivity index (χ3v) is 4.26. The summed E-state index contributed by atoms with van der Waals surface area (Å²) in [7, 11) is 9.63. The smallest absolute Gasteiger partial charge is 0.0102 e. The van der Waals surface area contributed by atoms with Crippen molar-refractivity contribution in [2.45, 2.75) is 25.7 Å². The summed E-state index contributed by atoms with van der Waals surface area (Å²) in [5, 5.41) is 5.64. The second-order valence-electron chi connectivity index (χ2n) is 5.34. The molecule has 0 bridgehead atoms. The molecule has 4 rings (SSSR count). The van der Waals surface area contributed by atoms with E-state index in [0.717, 1.165) is 0 Å². The molecule has 1 aliphatic rings. The van der Waals surface area contributed by atoms with Crippen LogP contribution in [-0.2, 0) is 28.8 Å². The van der Waals surface area contributed by atoms with Gasteiger partial charge in [0.1, 0.15) is 0 Å². The van der Waals surface area contributed by atoms with Gasteiger partial charge in [-0.3, -0.25) is 0 Å². The van der Waals surface area contributed by atoms with Crippen LogP contribution in [0.4, 0.5) is 0 Å². The standard InChI is InChI=1S/C18H16.2ClH.Pd/c1-3-7-15-13(5-1)9-11-18-16-8-4-2-6-14(16)10-12-17(15)18;;;/h1,3,5,7,9-12H,2,4,6,8H2;2*1H;/q;;;+2/p-2. The molecule has 1 aliphatic carbocycles. The molecule has 0 saturated carbocycles. The summed E-state index contributed by atoms with van der Waals surface area (Å²) >= 11 is -0.106. The van der Waals surface area contributed by atoms with E-state index in [4.69, 9.17) is 19.1 Å². The van der Waals surface area contributed by atoms with Gasteiger partial charge in [-0.15, -0.1) is 0 Å². The zero-order valence-electron chi connectivity index (χ0n) is 11.5. The fourth-order valence-electron chi connectivity index (χ4n) is 3.34. The van der Waals surface area contributed by atoms with Gasteiger partial charge < -0.3 is 0 Å². The molecule has 0 N–H and O–H groups in total. The van der Waals surface area contributed by atoms with Crippen molar-refractivity contribution in [1.29, 1.82) is 0 Å². The molecule has 112 valence electrons. The summed E-state index contributed by atoms with van der Waals surface area (Å²) in [6.45, 7) is 0. The molecule has 0 aliphatic heterocycles. The molecular weight excluding hydrogens is 394 g/mol. The maximum Gasteiger partial charge on any atom is -0.0102 e. The first-order valence-corrected chi connectivity index (χ1v) is 11.1. The molecule has 0 fully saturated rings. The third kappa shape index (κ3) is 3.13. The first-order valence-electron chi connectivity index (χ1n) is 7.09. The van der Waals surface area contributed by atoms with Crippen LogP contribution in [0.25, 0.3) is 21.5 Å². The van der Waals surface area contributed by atoms with Crippen LogP contribution >= 0.6 is 19.1 Å². The number of benzene rings is 3. The van der Waals surface area contributed by atoms with Gasteiger partial charge in [-0.05, 0) is 58.4 Å². The van der Waals surface area contributed by atoms with Crippen molar-refractivity contribution in [3.63, 3.8) is 0 Å². The van der Waals surface area contributed by atoms with Gasteiger partial charge in [0, 0.05) is 0 Å². The Morgan fingerprint density at radius 3 is 2.29 bits per heavy atom. The van der Waals surface area contributed by atoms with E-state index in [2.05, 4.69) is 48.5 Å². The van der Waals surface area contributed by atoms with Gasteiger partial charge in [0.2, 0.25) is 0 Å². The van der Waals surface area contributed by atoms with E-state index in [1.54, 1.807) is 11.1 Å². The van der Waals surface area contributed by atoms with Crippen LogP contribution in [0, 0.1) is 0 Å². The van der Waals surface area contributed by atoms with Crippen LogP contribution in [0.1, 0.15) is 24.0 Å². The van der Waals surface area contributed by atoms with Crippen LogP contribution in [0.3, 0.4) is 0 Å². The first-order chi connectivity index (χ1) is 10.3. The van der Waals surface area contributed by atoms with Crippen molar-refractivity contribution in [1.82, 2.24) is 0 Å². The molecule has 0 aromatic heterocycles. The van der Waals surface area contributed by atoms with Crippen molar-refractivity contribution in [2.24, 2.45) is 0 Å². The van der Waals surface area contributed by atoms with Gasteiger partial charge >= 0.3 is 35.0 Å². The zero-order chi connectivity index (χ0) is 14.7. The van der Waals surface area contributed by atoms with E-state index < -0.39 is 0 Å². The number of hydrogen-bond acceptors (Lipinski definition) is 0. The normalized spacial score (nSPS) is 13.8. The number of aryl methyl sites for hydroxylation is 2. The number of fused-ring (bicyclic) bond motifs is 5. The van der Waals surface area contributed by atoms with E-state index in [-0.39, 0.29) is 15.9 Å². The molecule has 0 heterocycles. The quantitative estimate of drug-likeness (QED) is 0.304. The summed E-state index contributed by atoms with van der Waals surface area (Å²) in [6.07, 6.45) is 5.22. The van der Waals surface area contributed by atoms with Crippen LogP contribution in [0.5, 0.6) is 0 Å². The Morgan fingerprint density at radius 2 is 1.43 bits per heavy atom. The van der Waals surface area contributed by atoms with Gasteiger partial charge in [-0.2, -0.15) is 0 Å². The Bertz CT molecular complexity index is 768. The Kier molecular flexibility index (Phi) is 5.20. The first kappa shape index (κ1) is 15.3. The van der Waals surface area contributed by atoms with E-state index in [0.29, 0.717) is 0 Å². The van der Waals surface area contributed by atoms with Gasteiger partial charge in [0.05, 0.1) is 0 Å². The molecule has 0 spiro atoms. The van der Waals surface area contributed by atoms with Crippen LogP contribution in [0.2, 0.25) is 0 Å². The van der Waals surface area contributed by atoms with Crippen molar-refractivity contribution in [3.8, 4) is 0 Å². The van der Waals surface area contributed by atoms with Crippen LogP contribution in [-0.4, -0.2) is 0 Å². The predicted molar refractivity (Wildman–Crippen MR) is 89.8 cm³/mol. The second-order valence-corrected chi connectivity index (χ2v) is 7.70. The molecule has 0 atom stereocenters. The fraction of sp³-hybridized carbons (Fsp3) is 0.222. The molecule has 3 heteroatoms. The van der Waals surface area contributed by atoms with Gasteiger partial charge in [-0.1, -0.05) is 48.5 Å². The average molecular weight is 410 g/mol. The molecule has 21 heavy (non-hydrogen) atoms. The summed E-state index contributed by atoms with van der Waals surface area (Å²) in [5.74, 6) is 0. The monoisotopic (exact) mass is 408 g/mol. The van der Waals surface area contributed by atoms with Crippen LogP contribution < -0.4 is 0 Å². The van der Waals surface area contributed by atoms with Crippen molar-refractivity contribution >= 4 is 40.6 Å². The third-order valence-electron chi connectivity index (χ3n) is 4.26. The second kappa shape index (κ2) is 7.12. The largest absolute Gasteiger partial charge is 0.0616 e. The Hall–Kier alpha value is -0.578. The summed E-state index contributed by atoms with van der Waals surface area (Å²) in [5.41, 5.74) is 3.17. The summed E-state index contributed by atoms with van der Waals surface area (Å²) < 4.78 is 0. The average Bonchev–Trinajstić information content (AvgIpc) is 2.55. The number of rotatable bonds is 0. The van der Waals surface area contributed by atoms with E-state index in [9.17, 15) is 0 Å². The molecule has 3 aromatic carbocycles. The minimum Gasteiger partial charge on any atom is -0.0616 e. The Labute approximate surface area is 141 Å². The van der Waals surface area contributed by atoms with Crippen LogP contribution in [0.15, 0.2) is 48.5 Å². The predicted octanol–water partition coefficient (Wildman–Crippen LogP) is 6.25. The van der Waals surface area contributed by atoms with Crippen molar-refractivity contribution in [2.75, 3.05) is 0 Å². The molecule has 0 amide bonds. The summed E-state index contributed by atoms with van der Waals surface area (Å²) in [6, 6.07) is 18.0. The molecule has 0 nitrogen and oxygen atoms in total. The van der Waals surface area contributed by atoms with E-state index in [1.165, 1.54) is 47.2 Å². The van der Waals surface area contributed by atoms with Gasteiger partial charge in [0.15, 0.2) is 0 Å². The van der Waals surface area contributed by atoms with E-state index >= 15 is 0 Å². The number of hydrogen-bond donors (Lipinski definition) is 0.